The topological polar surface area (TPSA) is 29.5 Å². The monoisotopic (exact) mass is 200 g/mol. The van der Waals surface area contributed by atoms with E-state index in [2.05, 4.69) is 13.8 Å². The zero-order chi connectivity index (χ0) is 10.6. The maximum Gasteiger partial charge on any atom is 0.0649 e. The number of aliphatic hydroxyl groups is 1. The summed E-state index contributed by atoms with van der Waals surface area (Å²) in [6.07, 6.45) is 6.34. The Morgan fingerprint density at radius 1 is 1.36 bits per heavy atom. The Hall–Kier alpha value is -0.0800. The normalized spacial score (nSPS) is 33.6. The fourth-order valence-electron chi connectivity index (χ4n) is 2.17. The van der Waals surface area contributed by atoms with Gasteiger partial charge in [0.1, 0.15) is 0 Å². The minimum Gasteiger partial charge on any atom is -0.390 e. The molecule has 0 saturated heterocycles. The number of hydrogen-bond acceptors (Lipinski definition) is 2. The van der Waals surface area contributed by atoms with Crippen LogP contribution in [0.4, 0.5) is 0 Å². The molecular weight excluding hydrogens is 176 g/mol. The van der Waals surface area contributed by atoms with Crippen molar-refractivity contribution in [1.82, 2.24) is 0 Å². The summed E-state index contributed by atoms with van der Waals surface area (Å²) < 4.78 is 5.30. The van der Waals surface area contributed by atoms with Gasteiger partial charge in [-0.05, 0) is 44.4 Å². The Morgan fingerprint density at radius 2 is 1.93 bits per heavy atom. The number of ether oxygens (including phenoxy) is 1. The van der Waals surface area contributed by atoms with Crippen LogP contribution in [0.5, 0.6) is 0 Å². The molecule has 1 rings (SSSR count). The number of hydrogen-bond donors (Lipinski definition) is 1. The number of methoxy groups -OCH3 is 1. The van der Waals surface area contributed by atoms with Crippen LogP contribution in [0.15, 0.2) is 0 Å². The smallest absolute Gasteiger partial charge is 0.0649 e. The van der Waals surface area contributed by atoms with Gasteiger partial charge in [-0.3, -0.25) is 0 Å². The van der Waals surface area contributed by atoms with Gasteiger partial charge in [0, 0.05) is 7.11 Å². The summed E-state index contributed by atoms with van der Waals surface area (Å²) in [4.78, 5) is 0. The van der Waals surface area contributed by atoms with Gasteiger partial charge < -0.3 is 9.84 Å². The predicted molar refractivity (Wildman–Crippen MR) is 58.3 cm³/mol. The lowest BCUT2D eigenvalue weighted by molar-refractivity contribution is -0.0506. The van der Waals surface area contributed by atoms with Crippen molar-refractivity contribution < 1.29 is 9.84 Å². The van der Waals surface area contributed by atoms with Gasteiger partial charge >= 0.3 is 0 Å². The van der Waals surface area contributed by atoms with E-state index >= 15 is 0 Å². The van der Waals surface area contributed by atoms with E-state index in [1.807, 2.05) is 0 Å². The van der Waals surface area contributed by atoms with Crippen molar-refractivity contribution in [3.8, 4) is 0 Å². The van der Waals surface area contributed by atoms with Crippen LogP contribution < -0.4 is 0 Å². The molecule has 0 aromatic heterocycles. The highest BCUT2D eigenvalue weighted by Crippen LogP contribution is 2.33. The van der Waals surface area contributed by atoms with Crippen molar-refractivity contribution in [2.24, 2.45) is 5.92 Å². The molecule has 84 valence electrons. The SMILES string of the molecule is COC1CCC(O)(CCC(C)C)CC1. The molecule has 2 heteroatoms. The van der Waals surface area contributed by atoms with Crippen LogP contribution in [0.25, 0.3) is 0 Å². The minimum absolute atomic E-state index is 0.384. The predicted octanol–water partition coefficient (Wildman–Crippen LogP) is 2.74. The van der Waals surface area contributed by atoms with E-state index < -0.39 is 0 Å². The van der Waals surface area contributed by atoms with Crippen LogP contribution in [0.1, 0.15) is 52.4 Å². The van der Waals surface area contributed by atoms with E-state index in [0.717, 1.165) is 38.5 Å². The minimum atomic E-state index is -0.390. The zero-order valence-corrected chi connectivity index (χ0v) is 9.75. The van der Waals surface area contributed by atoms with Crippen molar-refractivity contribution in [2.45, 2.75) is 64.1 Å². The molecule has 0 aliphatic heterocycles. The second-order valence-corrected chi connectivity index (χ2v) is 5.09. The van der Waals surface area contributed by atoms with Crippen molar-refractivity contribution in [3.63, 3.8) is 0 Å². The summed E-state index contributed by atoms with van der Waals surface area (Å²) in [5.41, 5.74) is -0.390. The van der Waals surface area contributed by atoms with Gasteiger partial charge in [0.15, 0.2) is 0 Å². The molecule has 0 spiro atoms. The first kappa shape index (κ1) is 12.0. The maximum atomic E-state index is 10.3. The van der Waals surface area contributed by atoms with Gasteiger partial charge in [-0.1, -0.05) is 13.8 Å². The lowest BCUT2D eigenvalue weighted by atomic mass is 9.79. The van der Waals surface area contributed by atoms with Gasteiger partial charge in [0.05, 0.1) is 11.7 Å². The van der Waals surface area contributed by atoms with Crippen molar-refractivity contribution in [3.05, 3.63) is 0 Å². The summed E-state index contributed by atoms with van der Waals surface area (Å²) >= 11 is 0. The van der Waals surface area contributed by atoms with Crippen molar-refractivity contribution in [2.75, 3.05) is 7.11 Å². The molecule has 1 saturated carbocycles. The average molecular weight is 200 g/mol. The molecule has 2 nitrogen and oxygen atoms in total. The first-order valence-electron chi connectivity index (χ1n) is 5.81. The van der Waals surface area contributed by atoms with E-state index in [4.69, 9.17) is 4.74 Å². The summed E-state index contributed by atoms with van der Waals surface area (Å²) in [6.45, 7) is 4.42. The molecule has 0 radical (unpaired) electrons. The summed E-state index contributed by atoms with van der Waals surface area (Å²) in [5.74, 6) is 0.694. The quantitative estimate of drug-likeness (QED) is 0.756. The molecule has 1 fully saturated rings. The second kappa shape index (κ2) is 5.13. The molecule has 0 amide bonds. The lowest BCUT2D eigenvalue weighted by Gasteiger charge is -2.36. The maximum absolute atomic E-state index is 10.3. The zero-order valence-electron chi connectivity index (χ0n) is 9.75. The summed E-state index contributed by atoms with van der Waals surface area (Å²) in [7, 11) is 1.77. The molecule has 0 atom stereocenters. The Labute approximate surface area is 87.7 Å². The number of rotatable bonds is 4. The highest BCUT2D eigenvalue weighted by Gasteiger charge is 2.32. The standard InChI is InChI=1S/C12H24O2/c1-10(2)4-7-12(13)8-5-11(14-3)6-9-12/h10-11,13H,4-9H2,1-3H3. The third-order valence-corrected chi connectivity index (χ3v) is 3.38. The highest BCUT2D eigenvalue weighted by molar-refractivity contribution is 4.85. The van der Waals surface area contributed by atoms with Crippen LogP contribution in [0, 0.1) is 5.92 Å². The van der Waals surface area contributed by atoms with E-state index in [1.165, 1.54) is 0 Å². The summed E-state index contributed by atoms with van der Waals surface area (Å²) in [5, 5.41) is 10.3. The van der Waals surface area contributed by atoms with Gasteiger partial charge in [0.25, 0.3) is 0 Å². The fourth-order valence-corrected chi connectivity index (χ4v) is 2.17. The average Bonchev–Trinajstić information content (AvgIpc) is 2.16. The summed E-state index contributed by atoms with van der Waals surface area (Å²) in [6, 6.07) is 0. The van der Waals surface area contributed by atoms with Crippen LogP contribution >= 0.6 is 0 Å². The molecule has 1 N–H and O–H groups in total. The van der Waals surface area contributed by atoms with Crippen molar-refractivity contribution >= 4 is 0 Å². The van der Waals surface area contributed by atoms with Crippen molar-refractivity contribution in [1.29, 1.82) is 0 Å². The second-order valence-electron chi connectivity index (χ2n) is 5.09. The Morgan fingerprint density at radius 3 is 2.36 bits per heavy atom. The van der Waals surface area contributed by atoms with Gasteiger partial charge in [0.2, 0.25) is 0 Å². The Bertz CT molecular complexity index is 158. The van der Waals surface area contributed by atoms with Crippen LogP contribution in [0.3, 0.4) is 0 Å². The largest absolute Gasteiger partial charge is 0.390 e. The fraction of sp³-hybridized carbons (Fsp3) is 1.00. The molecule has 0 unspecified atom stereocenters. The molecule has 14 heavy (non-hydrogen) atoms. The van der Waals surface area contributed by atoms with Gasteiger partial charge in [-0.15, -0.1) is 0 Å². The third kappa shape index (κ3) is 3.58. The Balaban J connectivity index is 2.30. The van der Waals surface area contributed by atoms with E-state index in [9.17, 15) is 5.11 Å². The molecule has 0 heterocycles. The third-order valence-electron chi connectivity index (χ3n) is 3.38. The van der Waals surface area contributed by atoms with Gasteiger partial charge in [-0.2, -0.15) is 0 Å². The molecule has 1 aliphatic rings. The molecule has 0 aromatic carbocycles. The van der Waals surface area contributed by atoms with E-state index in [1.54, 1.807) is 7.11 Å². The highest BCUT2D eigenvalue weighted by atomic mass is 16.5. The van der Waals surface area contributed by atoms with E-state index in [0.29, 0.717) is 12.0 Å². The van der Waals surface area contributed by atoms with Crippen LogP contribution in [0.2, 0.25) is 0 Å². The molecular formula is C12H24O2. The molecule has 1 aliphatic carbocycles. The van der Waals surface area contributed by atoms with Gasteiger partial charge in [-0.25, -0.2) is 0 Å². The first-order valence-corrected chi connectivity index (χ1v) is 5.81. The van der Waals surface area contributed by atoms with Crippen LogP contribution in [-0.4, -0.2) is 23.9 Å². The lowest BCUT2D eigenvalue weighted by Crippen LogP contribution is -2.36. The van der Waals surface area contributed by atoms with E-state index in [-0.39, 0.29) is 5.60 Å². The Kier molecular flexibility index (Phi) is 4.39. The molecule has 0 aromatic rings. The molecule has 0 bridgehead atoms. The van der Waals surface area contributed by atoms with Crippen LogP contribution in [-0.2, 0) is 4.74 Å². The first-order chi connectivity index (χ1) is 6.56.